The molecule has 630 valence electrons. The summed E-state index contributed by atoms with van der Waals surface area (Å²) >= 11 is 0. The molecule has 0 aliphatic carbocycles. The molecule has 0 fully saturated rings. The highest BCUT2D eigenvalue weighted by Crippen LogP contribution is 2.45. The second kappa shape index (κ2) is 81.9. The lowest BCUT2D eigenvalue weighted by molar-refractivity contribution is -0.161. The van der Waals surface area contributed by atoms with E-state index in [-0.39, 0.29) is 25.7 Å². The molecule has 5 unspecified atom stereocenters. The number of phosphoric acid groups is 2. The number of aliphatic hydroxyl groups is 1. The van der Waals surface area contributed by atoms with Gasteiger partial charge < -0.3 is 33.8 Å². The van der Waals surface area contributed by atoms with Crippen LogP contribution in [0.25, 0.3) is 0 Å². The molecule has 0 saturated heterocycles. The Hall–Kier alpha value is -5.06. The van der Waals surface area contributed by atoms with E-state index in [1.54, 1.807) is 0 Å². The zero-order valence-corrected chi connectivity index (χ0v) is 70.9. The van der Waals surface area contributed by atoms with Gasteiger partial charge in [-0.2, -0.15) is 0 Å². The molecular weight excluding hydrogens is 1430 g/mol. The largest absolute Gasteiger partial charge is 0.472 e. The molecule has 0 radical (unpaired) electrons. The van der Waals surface area contributed by atoms with E-state index in [4.69, 9.17) is 37.0 Å². The van der Waals surface area contributed by atoms with Crippen LogP contribution in [-0.2, 0) is 65.4 Å². The highest BCUT2D eigenvalue weighted by molar-refractivity contribution is 7.47. The minimum absolute atomic E-state index is 0.0593. The molecule has 0 bridgehead atoms. The highest BCUT2D eigenvalue weighted by Gasteiger charge is 2.30. The molecule has 0 aromatic carbocycles. The molecule has 17 nitrogen and oxygen atoms in total. The Balaban J connectivity index is 5.43. The number of ether oxygens (including phenoxy) is 4. The van der Waals surface area contributed by atoms with Crippen molar-refractivity contribution in [1.82, 2.24) is 0 Å². The molecule has 110 heavy (non-hydrogen) atoms. The van der Waals surface area contributed by atoms with E-state index in [0.717, 1.165) is 212 Å². The van der Waals surface area contributed by atoms with E-state index >= 15 is 0 Å². The number of hydrogen-bond donors (Lipinski definition) is 3. The fourth-order valence-corrected chi connectivity index (χ4v) is 12.8. The van der Waals surface area contributed by atoms with Crippen LogP contribution in [0.1, 0.15) is 349 Å². The summed E-state index contributed by atoms with van der Waals surface area (Å²) in [6.45, 7) is 4.59. The molecule has 0 aliphatic rings. The summed E-state index contributed by atoms with van der Waals surface area (Å²) in [5.41, 5.74) is 0. The van der Waals surface area contributed by atoms with Crippen LogP contribution in [0.15, 0.2) is 146 Å². The van der Waals surface area contributed by atoms with Gasteiger partial charge in [0.1, 0.15) is 19.3 Å². The third kappa shape index (κ3) is 81.0. The Bertz CT molecular complexity index is 2650. The maximum Gasteiger partial charge on any atom is 0.472 e. The Morgan fingerprint density at radius 1 is 0.264 bits per heavy atom. The van der Waals surface area contributed by atoms with Crippen molar-refractivity contribution < 1.29 is 80.2 Å². The quantitative estimate of drug-likeness (QED) is 0.0169. The number of carbonyl (C=O) groups is 4. The van der Waals surface area contributed by atoms with Crippen molar-refractivity contribution in [3.8, 4) is 0 Å². The van der Waals surface area contributed by atoms with Gasteiger partial charge in [0.25, 0.3) is 0 Å². The Morgan fingerprint density at radius 2 is 0.473 bits per heavy atom. The average Bonchev–Trinajstić information content (AvgIpc) is 0.906. The number of aliphatic hydroxyl groups excluding tert-OH is 1. The molecule has 0 amide bonds. The molecule has 19 heteroatoms. The molecule has 0 aromatic heterocycles. The van der Waals surface area contributed by atoms with Gasteiger partial charge >= 0.3 is 39.5 Å². The predicted molar refractivity (Wildman–Crippen MR) is 454 cm³/mol. The van der Waals surface area contributed by atoms with E-state index in [2.05, 4.69) is 174 Å². The van der Waals surface area contributed by atoms with Crippen LogP contribution >= 0.6 is 15.6 Å². The van der Waals surface area contributed by atoms with Crippen molar-refractivity contribution in [1.29, 1.82) is 0 Å². The van der Waals surface area contributed by atoms with Crippen LogP contribution in [0.4, 0.5) is 0 Å². The third-order valence-corrected chi connectivity index (χ3v) is 19.7. The van der Waals surface area contributed by atoms with Gasteiger partial charge in [0.15, 0.2) is 12.2 Å². The molecule has 0 aromatic rings. The molecule has 5 atom stereocenters. The summed E-state index contributed by atoms with van der Waals surface area (Å²) in [6.07, 6.45) is 95.1. The van der Waals surface area contributed by atoms with Gasteiger partial charge in [-0.15, -0.1) is 0 Å². The minimum atomic E-state index is -5.00. The summed E-state index contributed by atoms with van der Waals surface area (Å²) in [5.74, 6) is -2.23. The van der Waals surface area contributed by atoms with Gasteiger partial charge in [-0.3, -0.25) is 37.3 Å². The Labute approximate surface area is 668 Å². The van der Waals surface area contributed by atoms with E-state index in [9.17, 15) is 43.2 Å². The maximum absolute atomic E-state index is 13.1. The zero-order valence-electron chi connectivity index (χ0n) is 69.1. The van der Waals surface area contributed by atoms with Gasteiger partial charge in [-0.25, -0.2) is 9.13 Å². The van der Waals surface area contributed by atoms with Crippen molar-refractivity contribution >= 4 is 39.5 Å². The summed E-state index contributed by atoms with van der Waals surface area (Å²) in [7, 11) is -9.99. The van der Waals surface area contributed by atoms with Crippen LogP contribution in [0.5, 0.6) is 0 Å². The van der Waals surface area contributed by atoms with Crippen molar-refractivity contribution in [3.63, 3.8) is 0 Å². The van der Waals surface area contributed by atoms with E-state index < -0.39 is 97.5 Å². The molecule has 0 heterocycles. The molecule has 0 rings (SSSR count). The van der Waals surface area contributed by atoms with E-state index in [0.29, 0.717) is 25.7 Å². The standard InChI is InChI=1S/C91H154O17P2/c1-5-9-13-17-21-25-29-33-37-40-42-45-48-51-55-59-63-67-71-75-88(93)101-81-86(107-90(95)77-73-69-65-61-57-53-47-36-32-28-24-20-16-12-8-4)83-105-109(97,98)103-79-85(92)80-104-110(99,100)106-84-87(108-91(96)78-74-70-66-62-58-54-50-44-39-35-31-27-23-19-15-11-7-3)82-102-89(94)76-72-68-64-60-56-52-49-46-43-41-38-34-30-26-22-18-14-10-6-2/h10-11,14-15,21-23,25-27,33-39,42-43,45-47,50,54,85-87,92H,5-9,12-13,16-20,24,28-32,40-41,44,48-49,51-53,55-84H2,1-4H3,(H,97,98)(H,99,100)/b14-10-,15-11-,25-21-,26-22-,27-23-,37-33-,38-34-,39-35-,45-42-,46-43-,47-36-,54-50-. The number of unbranched alkanes of at least 4 members (excludes halogenated alkanes) is 30. The first-order chi connectivity index (χ1) is 53.7. The first-order valence-corrected chi connectivity index (χ1v) is 46.1. The monoisotopic (exact) mass is 1580 g/mol. The van der Waals surface area contributed by atoms with Crippen molar-refractivity contribution in [2.75, 3.05) is 39.6 Å². The lowest BCUT2D eigenvalue weighted by atomic mass is 10.1. The lowest BCUT2D eigenvalue weighted by Gasteiger charge is -2.21. The van der Waals surface area contributed by atoms with Crippen molar-refractivity contribution in [2.24, 2.45) is 0 Å². The third-order valence-electron chi connectivity index (χ3n) is 17.8. The number of phosphoric ester groups is 2. The second-order valence-electron chi connectivity index (χ2n) is 28.4. The van der Waals surface area contributed by atoms with Crippen molar-refractivity contribution in [3.05, 3.63) is 146 Å². The van der Waals surface area contributed by atoms with Crippen LogP contribution in [0.3, 0.4) is 0 Å². The Morgan fingerprint density at radius 3 is 0.755 bits per heavy atom. The molecule has 0 saturated carbocycles. The zero-order chi connectivity index (χ0) is 80.3. The number of esters is 4. The number of rotatable bonds is 80. The van der Waals surface area contributed by atoms with Crippen LogP contribution in [0, 0.1) is 0 Å². The van der Waals surface area contributed by atoms with E-state index in [1.807, 2.05) is 0 Å². The number of hydrogen-bond acceptors (Lipinski definition) is 15. The molecule has 0 aliphatic heterocycles. The van der Waals surface area contributed by atoms with Crippen LogP contribution < -0.4 is 0 Å². The fourth-order valence-electron chi connectivity index (χ4n) is 11.3. The minimum Gasteiger partial charge on any atom is -0.462 e. The van der Waals surface area contributed by atoms with Gasteiger partial charge in [-0.1, -0.05) is 302 Å². The number of carbonyl (C=O) groups excluding carboxylic acids is 4. The summed E-state index contributed by atoms with van der Waals surface area (Å²) in [4.78, 5) is 73.3. The molecular formula is C91H154O17P2. The second-order valence-corrected chi connectivity index (χ2v) is 31.3. The molecule has 3 N–H and O–H groups in total. The van der Waals surface area contributed by atoms with E-state index in [1.165, 1.54) is 57.8 Å². The highest BCUT2D eigenvalue weighted by atomic mass is 31.2. The predicted octanol–water partition coefficient (Wildman–Crippen LogP) is 25.8. The lowest BCUT2D eigenvalue weighted by Crippen LogP contribution is -2.30. The van der Waals surface area contributed by atoms with Gasteiger partial charge in [-0.05, 0) is 167 Å². The maximum atomic E-state index is 13.1. The smallest absolute Gasteiger partial charge is 0.462 e. The summed E-state index contributed by atoms with van der Waals surface area (Å²) in [5, 5.41) is 10.7. The first kappa shape index (κ1) is 105. The van der Waals surface area contributed by atoms with Gasteiger partial charge in [0.2, 0.25) is 0 Å². The van der Waals surface area contributed by atoms with Gasteiger partial charge in [0.05, 0.1) is 26.4 Å². The fraction of sp³-hybridized carbons (Fsp3) is 0.692. The number of allylic oxidation sites excluding steroid dienone is 24. The normalized spacial score (nSPS) is 14.5. The molecule has 0 spiro atoms. The van der Waals surface area contributed by atoms with Crippen LogP contribution in [0.2, 0.25) is 0 Å². The summed E-state index contributed by atoms with van der Waals surface area (Å²) in [6, 6.07) is 0. The topological polar surface area (TPSA) is 237 Å². The van der Waals surface area contributed by atoms with Gasteiger partial charge in [0, 0.05) is 25.7 Å². The SMILES string of the molecule is CC/C=C\C/C=C\C/C=C\C/C=C\CCCCCCCCC(=O)OCC(COP(=O)(O)OCC(O)COP(=O)(O)OCC(COC(=O)CCCCCCCC/C=C\C/C=C\C/C=C\CCCCC)OC(=O)CCCCCCC/C=C\CCCCCCCC)OC(=O)CCCCCC/C=C\C/C=C\C/C=C\C/C=C\CC. The first-order valence-electron chi connectivity index (χ1n) is 43.1. The average molecular weight is 1580 g/mol. The van der Waals surface area contributed by atoms with Crippen LogP contribution in [-0.4, -0.2) is 96.7 Å². The Kier molecular flexibility index (Phi) is 78.2. The summed E-state index contributed by atoms with van der Waals surface area (Å²) < 4.78 is 68.8. The van der Waals surface area contributed by atoms with Crippen molar-refractivity contribution in [2.45, 2.75) is 367 Å².